The van der Waals surface area contributed by atoms with Crippen LogP contribution in [0.15, 0.2) is 17.2 Å². The van der Waals surface area contributed by atoms with E-state index in [2.05, 4.69) is 0 Å². The van der Waals surface area contributed by atoms with Gasteiger partial charge in [-0.25, -0.2) is 4.79 Å². The third-order valence-corrected chi connectivity index (χ3v) is 3.76. The van der Waals surface area contributed by atoms with Crippen LogP contribution in [0.3, 0.4) is 0 Å². The van der Waals surface area contributed by atoms with Gasteiger partial charge in [-0.05, 0) is 32.6 Å². The number of hydrogen-bond acceptors (Lipinski definition) is 2. The Bertz CT molecular complexity index is 413. The van der Waals surface area contributed by atoms with E-state index >= 15 is 0 Å². The summed E-state index contributed by atoms with van der Waals surface area (Å²) in [7, 11) is 0. The minimum Gasteiger partial charge on any atom is -0.391 e. The Labute approximate surface area is 102 Å². The smallest absolute Gasteiger partial charge is 0.328 e. The number of aliphatic hydroxyl groups excluding tert-OH is 1. The molecule has 17 heavy (non-hydrogen) atoms. The minimum atomic E-state index is -0.377. The molecule has 1 fully saturated rings. The van der Waals surface area contributed by atoms with Crippen molar-refractivity contribution < 1.29 is 5.11 Å². The Morgan fingerprint density at radius 3 is 2.53 bits per heavy atom. The van der Waals surface area contributed by atoms with Crippen molar-refractivity contribution in [2.75, 3.05) is 0 Å². The van der Waals surface area contributed by atoms with Crippen LogP contribution in [-0.2, 0) is 6.54 Å². The summed E-state index contributed by atoms with van der Waals surface area (Å²) >= 11 is 0. The van der Waals surface area contributed by atoms with Gasteiger partial charge in [-0.15, -0.1) is 0 Å². The normalized spacial score (nSPS) is 19.1. The van der Waals surface area contributed by atoms with E-state index in [1.54, 1.807) is 21.5 Å². The van der Waals surface area contributed by atoms with Crippen molar-refractivity contribution in [2.45, 2.75) is 58.2 Å². The topological polar surface area (TPSA) is 47.2 Å². The van der Waals surface area contributed by atoms with E-state index in [1.165, 1.54) is 12.8 Å². The molecule has 1 aliphatic carbocycles. The molecule has 0 radical (unpaired) electrons. The summed E-state index contributed by atoms with van der Waals surface area (Å²) in [4.78, 5) is 12.0. The second-order valence-electron chi connectivity index (χ2n) is 5.35. The van der Waals surface area contributed by atoms with Crippen molar-refractivity contribution in [2.24, 2.45) is 5.92 Å². The first-order valence-corrected chi connectivity index (χ1v) is 6.55. The molecule has 0 aromatic carbocycles. The highest BCUT2D eigenvalue weighted by molar-refractivity contribution is 4.86. The fourth-order valence-electron chi connectivity index (χ4n) is 2.65. The first kappa shape index (κ1) is 12.4. The maximum Gasteiger partial charge on any atom is 0.328 e. The zero-order valence-corrected chi connectivity index (χ0v) is 10.7. The molecule has 1 heterocycles. The van der Waals surface area contributed by atoms with Crippen LogP contribution in [0.25, 0.3) is 0 Å². The van der Waals surface area contributed by atoms with Crippen molar-refractivity contribution in [3.8, 4) is 0 Å². The van der Waals surface area contributed by atoms with Gasteiger partial charge >= 0.3 is 5.69 Å². The van der Waals surface area contributed by atoms with Crippen molar-refractivity contribution in [3.05, 3.63) is 22.9 Å². The van der Waals surface area contributed by atoms with E-state index < -0.39 is 0 Å². The highest BCUT2D eigenvalue weighted by atomic mass is 16.3. The number of rotatable bonds is 4. The van der Waals surface area contributed by atoms with Crippen LogP contribution in [0.5, 0.6) is 0 Å². The van der Waals surface area contributed by atoms with E-state index in [-0.39, 0.29) is 17.8 Å². The molecule has 0 amide bonds. The molecule has 0 spiro atoms. The van der Waals surface area contributed by atoms with Gasteiger partial charge in [0.1, 0.15) is 0 Å². The van der Waals surface area contributed by atoms with Crippen LogP contribution < -0.4 is 5.69 Å². The van der Waals surface area contributed by atoms with Crippen molar-refractivity contribution in [1.29, 1.82) is 0 Å². The summed E-state index contributed by atoms with van der Waals surface area (Å²) in [5.74, 6) is 0.379. The lowest BCUT2D eigenvalue weighted by Crippen LogP contribution is -2.31. The van der Waals surface area contributed by atoms with Gasteiger partial charge < -0.3 is 5.11 Å². The molecular formula is C13H22N2O2. The van der Waals surface area contributed by atoms with Crippen LogP contribution in [0.1, 0.15) is 45.6 Å². The van der Waals surface area contributed by atoms with Gasteiger partial charge in [-0.3, -0.25) is 9.13 Å². The standard InChI is InChI=1S/C13H22N2O2/c1-10(2)15-8-7-14(13(15)17)9-12(16)11-5-3-4-6-11/h7-8,10-12,16H,3-6,9H2,1-2H3. The van der Waals surface area contributed by atoms with Gasteiger partial charge in [0.05, 0.1) is 12.6 Å². The van der Waals surface area contributed by atoms with E-state index in [4.69, 9.17) is 0 Å². The summed E-state index contributed by atoms with van der Waals surface area (Å²) in [6, 6.07) is 0.173. The highest BCUT2D eigenvalue weighted by Gasteiger charge is 2.24. The zero-order chi connectivity index (χ0) is 12.4. The number of aromatic nitrogens is 2. The molecule has 1 aromatic rings. The Kier molecular flexibility index (Phi) is 3.72. The van der Waals surface area contributed by atoms with Gasteiger partial charge in [0.15, 0.2) is 0 Å². The van der Waals surface area contributed by atoms with E-state index in [9.17, 15) is 9.90 Å². The molecule has 1 unspecified atom stereocenters. The predicted molar refractivity (Wildman–Crippen MR) is 67.0 cm³/mol. The third-order valence-electron chi connectivity index (χ3n) is 3.76. The Hall–Kier alpha value is -1.03. The molecule has 1 N–H and O–H groups in total. The average molecular weight is 238 g/mol. The predicted octanol–water partition coefficient (Wildman–Crippen LogP) is 1.78. The first-order chi connectivity index (χ1) is 8.09. The molecule has 96 valence electrons. The first-order valence-electron chi connectivity index (χ1n) is 6.55. The fraction of sp³-hybridized carbons (Fsp3) is 0.769. The molecule has 4 heteroatoms. The molecule has 1 atom stereocenters. The van der Waals surface area contributed by atoms with Crippen LogP contribution in [-0.4, -0.2) is 20.3 Å². The molecule has 2 rings (SSSR count). The quantitative estimate of drug-likeness (QED) is 0.869. The number of aliphatic hydroxyl groups is 1. The van der Waals surface area contributed by atoms with Crippen LogP contribution >= 0.6 is 0 Å². The van der Waals surface area contributed by atoms with E-state index in [0.29, 0.717) is 12.5 Å². The maximum absolute atomic E-state index is 12.0. The fourth-order valence-corrected chi connectivity index (χ4v) is 2.65. The van der Waals surface area contributed by atoms with E-state index in [1.807, 2.05) is 13.8 Å². The second kappa shape index (κ2) is 5.08. The molecule has 1 saturated carbocycles. The summed E-state index contributed by atoms with van der Waals surface area (Å²) in [6.07, 6.45) is 7.82. The number of imidazole rings is 1. The number of hydrogen-bond donors (Lipinski definition) is 1. The lowest BCUT2D eigenvalue weighted by Gasteiger charge is -2.17. The van der Waals surface area contributed by atoms with E-state index in [0.717, 1.165) is 12.8 Å². The molecular weight excluding hydrogens is 216 g/mol. The van der Waals surface area contributed by atoms with Crippen molar-refractivity contribution in [3.63, 3.8) is 0 Å². The van der Waals surface area contributed by atoms with Crippen LogP contribution in [0.4, 0.5) is 0 Å². The van der Waals surface area contributed by atoms with Crippen molar-refractivity contribution in [1.82, 2.24) is 9.13 Å². The Balaban J connectivity index is 2.05. The van der Waals surface area contributed by atoms with Gasteiger partial charge in [-0.2, -0.15) is 0 Å². The maximum atomic E-state index is 12.0. The summed E-state index contributed by atoms with van der Waals surface area (Å²) in [5.41, 5.74) is -0.0166. The molecule has 1 aromatic heterocycles. The van der Waals surface area contributed by atoms with Gasteiger partial charge in [0, 0.05) is 18.4 Å². The molecule has 1 aliphatic rings. The lowest BCUT2D eigenvalue weighted by atomic mass is 10.0. The van der Waals surface area contributed by atoms with Gasteiger partial charge in [0.2, 0.25) is 0 Å². The SMILES string of the molecule is CC(C)n1ccn(CC(O)C2CCCC2)c1=O. The average Bonchev–Trinajstić information content (AvgIpc) is 2.89. The largest absolute Gasteiger partial charge is 0.391 e. The molecule has 0 aliphatic heterocycles. The minimum absolute atomic E-state index is 0.0166. The zero-order valence-electron chi connectivity index (χ0n) is 10.7. The lowest BCUT2D eigenvalue weighted by molar-refractivity contribution is 0.0918. The van der Waals surface area contributed by atoms with Crippen LogP contribution in [0.2, 0.25) is 0 Å². The molecule has 0 saturated heterocycles. The second-order valence-corrected chi connectivity index (χ2v) is 5.35. The highest BCUT2D eigenvalue weighted by Crippen LogP contribution is 2.28. The summed E-state index contributed by atoms with van der Waals surface area (Å²) in [6.45, 7) is 4.40. The van der Waals surface area contributed by atoms with Crippen LogP contribution in [0, 0.1) is 5.92 Å². The summed E-state index contributed by atoms with van der Waals surface area (Å²) < 4.78 is 3.32. The van der Waals surface area contributed by atoms with Crippen molar-refractivity contribution >= 4 is 0 Å². The molecule has 0 bridgehead atoms. The number of nitrogens with zero attached hydrogens (tertiary/aromatic N) is 2. The molecule has 4 nitrogen and oxygen atoms in total. The Morgan fingerprint density at radius 2 is 2.00 bits per heavy atom. The van der Waals surface area contributed by atoms with Gasteiger partial charge in [0.25, 0.3) is 0 Å². The summed E-state index contributed by atoms with van der Waals surface area (Å²) in [5, 5.41) is 10.1. The van der Waals surface area contributed by atoms with Gasteiger partial charge in [-0.1, -0.05) is 12.8 Å². The third kappa shape index (κ3) is 2.63. The Morgan fingerprint density at radius 1 is 1.35 bits per heavy atom. The monoisotopic (exact) mass is 238 g/mol.